The van der Waals surface area contributed by atoms with E-state index >= 15 is 0 Å². The van der Waals surface area contributed by atoms with E-state index in [1.165, 1.54) is 24.3 Å². The van der Waals surface area contributed by atoms with Crippen LogP contribution in [0.15, 0.2) is 24.3 Å². The molecule has 10 heteroatoms. The molecule has 1 N–H and O–H groups in total. The van der Waals surface area contributed by atoms with Crippen LogP contribution in [0, 0.1) is 0 Å². The Bertz CT molecular complexity index is 609. The van der Waals surface area contributed by atoms with E-state index in [-0.39, 0.29) is 5.56 Å². The summed E-state index contributed by atoms with van der Waals surface area (Å²) in [5, 5.41) is 0. The van der Waals surface area contributed by atoms with E-state index in [1.54, 1.807) is 6.92 Å². The van der Waals surface area contributed by atoms with Gasteiger partial charge in [-0.1, -0.05) is 0 Å². The molecule has 1 rings (SSSR count). The Morgan fingerprint density at radius 3 is 2.23 bits per heavy atom. The molecule has 0 radical (unpaired) electrons. The van der Waals surface area contributed by atoms with Crippen molar-refractivity contribution in [2.24, 2.45) is 0 Å². The highest BCUT2D eigenvalue weighted by molar-refractivity contribution is 7.85. The lowest BCUT2D eigenvalue weighted by molar-refractivity contribution is -0.197. The molecule has 0 fully saturated rings. The molecule has 0 aromatic heterocycles. The van der Waals surface area contributed by atoms with Gasteiger partial charge in [0.2, 0.25) is 6.10 Å². The van der Waals surface area contributed by atoms with Crippen molar-refractivity contribution < 1.29 is 40.4 Å². The number of carbonyl (C=O) groups excluding carboxylic acids is 1. The average Bonchev–Trinajstić information content (AvgIpc) is 2.36. The third kappa shape index (κ3) is 5.90. The van der Waals surface area contributed by atoms with E-state index in [0.717, 1.165) is 0 Å². The van der Waals surface area contributed by atoms with E-state index in [2.05, 4.69) is 4.74 Å². The highest BCUT2D eigenvalue weighted by Crippen LogP contribution is 2.25. The summed E-state index contributed by atoms with van der Waals surface area (Å²) in [5.41, 5.74) is -0.215. The third-order valence-electron chi connectivity index (χ3n) is 2.38. The fourth-order valence-corrected chi connectivity index (χ4v) is 2.08. The van der Waals surface area contributed by atoms with Crippen LogP contribution >= 0.6 is 0 Å². The summed E-state index contributed by atoms with van der Waals surface area (Å²) in [6.07, 6.45) is -8.09. The lowest BCUT2D eigenvalue weighted by Gasteiger charge is -2.19. The van der Waals surface area contributed by atoms with E-state index in [0.29, 0.717) is 12.4 Å². The minimum atomic E-state index is -5.13. The number of carbonyl (C=O) groups is 1. The zero-order valence-electron chi connectivity index (χ0n) is 11.3. The van der Waals surface area contributed by atoms with Crippen molar-refractivity contribution in [3.63, 3.8) is 0 Å². The molecule has 0 aliphatic carbocycles. The summed E-state index contributed by atoms with van der Waals surface area (Å²) in [5.74, 6) is -2.72. The van der Waals surface area contributed by atoms with Gasteiger partial charge in [-0.2, -0.15) is 21.6 Å². The number of halogens is 3. The van der Waals surface area contributed by atoms with Crippen molar-refractivity contribution in [1.82, 2.24) is 0 Å². The van der Waals surface area contributed by atoms with E-state index < -0.39 is 34.1 Å². The smallest absolute Gasteiger partial charge is 0.426 e. The minimum absolute atomic E-state index is 0.215. The molecule has 0 saturated heterocycles. The molecule has 22 heavy (non-hydrogen) atoms. The molecule has 1 aromatic rings. The summed E-state index contributed by atoms with van der Waals surface area (Å²) in [6, 6.07) is 5.05. The maximum atomic E-state index is 12.6. The monoisotopic (exact) mass is 342 g/mol. The number of esters is 1. The van der Waals surface area contributed by atoms with Gasteiger partial charge < -0.3 is 9.47 Å². The Morgan fingerprint density at radius 2 is 1.82 bits per heavy atom. The van der Waals surface area contributed by atoms with E-state index in [1.807, 2.05) is 0 Å². The molecule has 1 atom stereocenters. The van der Waals surface area contributed by atoms with Crippen LogP contribution in [0.2, 0.25) is 0 Å². The van der Waals surface area contributed by atoms with Gasteiger partial charge in [-0.3, -0.25) is 4.55 Å². The number of hydrogen-bond donors (Lipinski definition) is 1. The van der Waals surface area contributed by atoms with Crippen molar-refractivity contribution in [2.45, 2.75) is 19.2 Å². The molecule has 6 nitrogen and oxygen atoms in total. The van der Waals surface area contributed by atoms with Gasteiger partial charge in [0.15, 0.2) is 0 Å². The topological polar surface area (TPSA) is 89.9 Å². The van der Waals surface area contributed by atoms with E-state index in [4.69, 9.17) is 9.29 Å². The molecule has 0 aliphatic heterocycles. The summed E-state index contributed by atoms with van der Waals surface area (Å²) >= 11 is 0. The normalized spacial score (nSPS) is 13.5. The molecule has 0 saturated carbocycles. The second-order valence-electron chi connectivity index (χ2n) is 4.14. The zero-order chi connectivity index (χ0) is 17.0. The van der Waals surface area contributed by atoms with Crippen LogP contribution in [0.4, 0.5) is 13.2 Å². The molecule has 0 heterocycles. The van der Waals surface area contributed by atoms with Crippen molar-refractivity contribution >= 4 is 16.1 Å². The van der Waals surface area contributed by atoms with Crippen molar-refractivity contribution in [3.05, 3.63) is 29.8 Å². The van der Waals surface area contributed by atoms with Crippen LogP contribution in [-0.2, 0) is 14.9 Å². The largest absolute Gasteiger partial charge is 0.494 e. The predicted octanol–water partition coefficient (Wildman–Crippen LogP) is 2.06. The first-order chi connectivity index (χ1) is 10.0. The first-order valence-corrected chi connectivity index (χ1v) is 7.59. The van der Waals surface area contributed by atoms with Crippen molar-refractivity contribution in [3.8, 4) is 5.75 Å². The standard InChI is InChI=1S/C12H13F3O6S/c1-2-20-9-5-3-8(4-6-9)11(16)21-10(12(13,14)15)7-22(17,18)19/h3-6,10H,2,7H2,1H3,(H,17,18,19). The minimum Gasteiger partial charge on any atom is -0.494 e. The van der Waals surface area contributed by atoms with Gasteiger partial charge in [0.25, 0.3) is 10.1 Å². The van der Waals surface area contributed by atoms with Gasteiger partial charge in [0.1, 0.15) is 11.5 Å². The van der Waals surface area contributed by atoms with Gasteiger partial charge in [-0.05, 0) is 31.2 Å². The van der Waals surface area contributed by atoms with Crippen LogP contribution in [0.3, 0.4) is 0 Å². The second kappa shape index (κ2) is 6.97. The molecular weight excluding hydrogens is 329 g/mol. The Kier molecular flexibility index (Phi) is 5.78. The SMILES string of the molecule is CCOc1ccc(C(=O)OC(CS(=O)(=O)O)C(F)(F)F)cc1. The summed E-state index contributed by atoms with van der Waals surface area (Å²) < 4.78 is 76.7. The van der Waals surface area contributed by atoms with Crippen molar-refractivity contribution in [1.29, 1.82) is 0 Å². The van der Waals surface area contributed by atoms with Crippen LogP contribution < -0.4 is 4.74 Å². The number of alkyl halides is 3. The Hall–Kier alpha value is -1.81. The van der Waals surface area contributed by atoms with Gasteiger partial charge in [0.05, 0.1) is 12.2 Å². The van der Waals surface area contributed by atoms with Gasteiger partial charge in [-0.15, -0.1) is 0 Å². The molecule has 1 unspecified atom stereocenters. The Labute approximate surface area is 124 Å². The second-order valence-corrected chi connectivity index (χ2v) is 5.64. The first kappa shape index (κ1) is 18.2. The lowest BCUT2D eigenvalue weighted by atomic mass is 10.2. The molecule has 0 aliphatic rings. The van der Waals surface area contributed by atoms with Crippen LogP contribution in [0.1, 0.15) is 17.3 Å². The fraction of sp³-hybridized carbons (Fsp3) is 0.417. The summed E-state index contributed by atoms with van der Waals surface area (Å²) in [4.78, 5) is 11.6. The Balaban J connectivity index is 2.86. The number of benzene rings is 1. The molecular formula is C12H13F3O6S. The van der Waals surface area contributed by atoms with Crippen LogP contribution in [-0.4, -0.2) is 43.6 Å². The molecule has 124 valence electrons. The molecule has 0 bridgehead atoms. The van der Waals surface area contributed by atoms with Gasteiger partial charge >= 0.3 is 12.1 Å². The number of hydrogen-bond acceptors (Lipinski definition) is 5. The molecule has 0 amide bonds. The molecule has 1 aromatic carbocycles. The summed E-state index contributed by atoms with van der Waals surface area (Å²) in [6.45, 7) is 2.10. The number of ether oxygens (including phenoxy) is 2. The molecule has 0 spiro atoms. The van der Waals surface area contributed by atoms with E-state index in [9.17, 15) is 26.4 Å². The number of rotatable bonds is 6. The maximum Gasteiger partial charge on any atom is 0.426 e. The third-order valence-corrected chi connectivity index (χ3v) is 3.10. The quantitative estimate of drug-likeness (QED) is 0.629. The lowest BCUT2D eigenvalue weighted by Crippen LogP contribution is -2.39. The summed E-state index contributed by atoms with van der Waals surface area (Å²) in [7, 11) is -4.97. The van der Waals surface area contributed by atoms with Crippen molar-refractivity contribution in [2.75, 3.05) is 12.4 Å². The Morgan fingerprint density at radius 1 is 1.27 bits per heavy atom. The van der Waals surface area contributed by atoms with Crippen LogP contribution in [0.5, 0.6) is 5.75 Å². The average molecular weight is 342 g/mol. The van der Waals surface area contributed by atoms with Gasteiger partial charge in [-0.25, -0.2) is 4.79 Å². The first-order valence-electron chi connectivity index (χ1n) is 5.98. The van der Waals surface area contributed by atoms with Gasteiger partial charge in [0, 0.05) is 0 Å². The highest BCUT2D eigenvalue weighted by Gasteiger charge is 2.45. The zero-order valence-corrected chi connectivity index (χ0v) is 12.1. The van der Waals surface area contributed by atoms with Crippen LogP contribution in [0.25, 0.3) is 0 Å². The predicted molar refractivity (Wildman–Crippen MR) is 69.3 cm³/mol. The maximum absolute atomic E-state index is 12.6. The fourth-order valence-electron chi connectivity index (χ4n) is 1.44. The highest BCUT2D eigenvalue weighted by atomic mass is 32.2.